The Morgan fingerprint density at radius 3 is 2.68 bits per heavy atom. The molecule has 1 saturated heterocycles. The van der Waals surface area contributed by atoms with Crippen LogP contribution in [0, 0.1) is 0 Å². The molecule has 1 aliphatic heterocycles. The number of rotatable bonds is 4. The lowest BCUT2D eigenvalue weighted by molar-refractivity contribution is 0.170. The van der Waals surface area contributed by atoms with Crippen LogP contribution in [-0.4, -0.2) is 43.7 Å². The van der Waals surface area contributed by atoms with E-state index in [1.165, 1.54) is 0 Å². The van der Waals surface area contributed by atoms with E-state index >= 15 is 0 Å². The van der Waals surface area contributed by atoms with Crippen LogP contribution in [0.5, 0.6) is 5.75 Å². The van der Waals surface area contributed by atoms with Crippen molar-refractivity contribution in [2.45, 2.75) is 13.0 Å². The molecule has 0 aromatic heterocycles. The Balaban J connectivity index is 0.00000180. The summed E-state index contributed by atoms with van der Waals surface area (Å²) in [6.45, 7) is 6.85. The maximum Gasteiger partial charge on any atom is 0.156 e. The molecule has 108 valence electrons. The standard InChI is InChI=1S/C13H18Cl2N2O.ClH/c1-10-9-17(6-5-16-10)7-8-18-13-11(14)3-2-4-12(13)15;/h2-4,10,16H,5-9H2,1H3;1H. The van der Waals surface area contributed by atoms with Crippen LogP contribution in [0.3, 0.4) is 0 Å². The number of hydrogen-bond acceptors (Lipinski definition) is 3. The fourth-order valence-electron chi connectivity index (χ4n) is 2.11. The molecule has 19 heavy (non-hydrogen) atoms. The van der Waals surface area contributed by atoms with Crippen molar-refractivity contribution in [2.24, 2.45) is 0 Å². The van der Waals surface area contributed by atoms with E-state index in [2.05, 4.69) is 17.1 Å². The van der Waals surface area contributed by atoms with Gasteiger partial charge in [0.25, 0.3) is 0 Å². The molecule has 0 amide bonds. The summed E-state index contributed by atoms with van der Waals surface area (Å²) in [5.74, 6) is 0.587. The van der Waals surface area contributed by atoms with Gasteiger partial charge in [-0.3, -0.25) is 4.90 Å². The third-order valence-corrected chi connectivity index (χ3v) is 3.62. The molecule has 6 heteroatoms. The normalized spacial score (nSPS) is 19.8. The first-order chi connectivity index (χ1) is 8.66. The number of hydrogen-bond donors (Lipinski definition) is 1. The smallest absolute Gasteiger partial charge is 0.156 e. The van der Waals surface area contributed by atoms with Gasteiger partial charge in [-0.1, -0.05) is 29.3 Å². The molecule has 1 unspecified atom stereocenters. The van der Waals surface area contributed by atoms with Crippen molar-refractivity contribution in [3.05, 3.63) is 28.2 Å². The topological polar surface area (TPSA) is 24.5 Å². The Morgan fingerprint density at radius 2 is 2.05 bits per heavy atom. The van der Waals surface area contributed by atoms with E-state index in [0.29, 0.717) is 28.4 Å². The lowest BCUT2D eigenvalue weighted by atomic mass is 10.2. The third kappa shape index (κ3) is 5.01. The fourth-order valence-corrected chi connectivity index (χ4v) is 2.62. The second-order valence-electron chi connectivity index (χ2n) is 4.56. The maximum atomic E-state index is 6.04. The van der Waals surface area contributed by atoms with E-state index in [1.54, 1.807) is 12.1 Å². The van der Waals surface area contributed by atoms with Crippen LogP contribution in [0.25, 0.3) is 0 Å². The van der Waals surface area contributed by atoms with Gasteiger partial charge in [-0.25, -0.2) is 0 Å². The van der Waals surface area contributed by atoms with E-state index in [0.717, 1.165) is 26.2 Å². The summed E-state index contributed by atoms with van der Waals surface area (Å²) in [7, 11) is 0. The molecule has 0 spiro atoms. The molecule has 0 aliphatic carbocycles. The van der Waals surface area contributed by atoms with Crippen LogP contribution >= 0.6 is 35.6 Å². The highest BCUT2D eigenvalue weighted by Crippen LogP contribution is 2.32. The van der Waals surface area contributed by atoms with Gasteiger partial charge in [-0.05, 0) is 19.1 Å². The van der Waals surface area contributed by atoms with Crippen molar-refractivity contribution in [1.82, 2.24) is 10.2 Å². The van der Waals surface area contributed by atoms with Crippen LogP contribution in [-0.2, 0) is 0 Å². The van der Waals surface area contributed by atoms with Gasteiger partial charge in [0.05, 0.1) is 10.0 Å². The molecule has 1 aromatic rings. The van der Waals surface area contributed by atoms with Crippen molar-refractivity contribution in [1.29, 1.82) is 0 Å². The molecule has 1 aromatic carbocycles. The Labute approximate surface area is 130 Å². The van der Waals surface area contributed by atoms with Gasteiger partial charge in [-0.2, -0.15) is 0 Å². The predicted octanol–water partition coefficient (Wildman–Crippen LogP) is 3.09. The summed E-state index contributed by atoms with van der Waals surface area (Å²) >= 11 is 12.1. The zero-order valence-electron chi connectivity index (χ0n) is 10.9. The Bertz CT molecular complexity index is 383. The zero-order chi connectivity index (χ0) is 13.0. The summed E-state index contributed by atoms with van der Waals surface area (Å²) in [5, 5.41) is 4.55. The van der Waals surface area contributed by atoms with E-state index < -0.39 is 0 Å². The average molecular weight is 326 g/mol. The van der Waals surface area contributed by atoms with Gasteiger partial charge < -0.3 is 10.1 Å². The number of nitrogens with one attached hydrogen (secondary N) is 1. The molecular formula is C13H19Cl3N2O. The molecule has 0 radical (unpaired) electrons. The SMILES string of the molecule is CC1CN(CCOc2c(Cl)cccc2Cl)CCN1.Cl. The molecule has 0 bridgehead atoms. The summed E-state index contributed by atoms with van der Waals surface area (Å²) in [4.78, 5) is 2.38. The highest BCUT2D eigenvalue weighted by atomic mass is 35.5. The van der Waals surface area contributed by atoms with Crippen LogP contribution in [0.2, 0.25) is 10.0 Å². The highest BCUT2D eigenvalue weighted by Gasteiger charge is 2.15. The minimum absolute atomic E-state index is 0. The van der Waals surface area contributed by atoms with Crippen LogP contribution in [0.15, 0.2) is 18.2 Å². The zero-order valence-corrected chi connectivity index (χ0v) is 13.2. The van der Waals surface area contributed by atoms with Crippen LogP contribution in [0.4, 0.5) is 0 Å². The van der Waals surface area contributed by atoms with Crippen molar-refractivity contribution < 1.29 is 4.74 Å². The summed E-state index contributed by atoms with van der Waals surface area (Å²) < 4.78 is 5.68. The molecule has 3 nitrogen and oxygen atoms in total. The van der Waals surface area contributed by atoms with Crippen molar-refractivity contribution >= 4 is 35.6 Å². The molecule has 2 rings (SSSR count). The van der Waals surface area contributed by atoms with E-state index in [-0.39, 0.29) is 12.4 Å². The number of benzene rings is 1. The van der Waals surface area contributed by atoms with E-state index in [1.807, 2.05) is 6.07 Å². The number of ether oxygens (including phenoxy) is 1. The Hall–Kier alpha value is -0.190. The minimum Gasteiger partial charge on any atom is -0.489 e. The first-order valence-electron chi connectivity index (χ1n) is 6.19. The van der Waals surface area contributed by atoms with E-state index in [4.69, 9.17) is 27.9 Å². The first kappa shape index (κ1) is 16.9. The average Bonchev–Trinajstić information content (AvgIpc) is 2.33. The highest BCUT2D eigenvalue weighted by molar-refractivity contribution is 6.37. The lowest BCUT2D eigenvalue weighted by Crippen LogP contribution is -2.50. The van der Waals surface area contributed by atoms with Crippen molar-refractivity contribution in [3.63, 3.8) is 0 Å². The molecule has 0 saturated carbocycles. The third-order valence-electron chi connectivity index (χ3n) is 3.03. The van der Waals surface area contributed by atoms with Gasteiger partial charge in [0, 0.05) is 32.2 Å². The number of halogens is 3. The molecular weight excluding hydrogens is 307 g/mol. The molecule has 1 aliphatic rings. The maximum absolute atomic E-state index is 6.04. The van der Waals surface area contributed by atoms with Gasteiger partial charge in [0.2, 0.25) is 0 Å². The second-order valence-corrected chi connectivity index (χ2v) is 5.37. The van der Waals surface area contributed by atoms with Crippen LogP contribution < -0.4 is 10.1 Å². The van der Waals surface area contributed by atoms with Gasteiger partial charge in [0.1, 0.15) is 6.61 Å². The largest absolute Gasteiger partial charge is 0.489 e. The van der Waals surface area contributed by atoms with Gasteiger partial charge >= 0.3 is 0 Å². The first-order valence-corrected chi connectivity index (χ1v) is 6.95. The number of nitrogens with zero attached hydrogens (tertiary/aromatic N) is 1. The van der Waals surface area contributed by atoms with Gasteiger partial charge in [-0.15, -0.1) is 12.4 Å². The number of para-hydroxylation sites is 1. The monoisotopic (exact) mass is 324 g/mol. The minimum atomic E-state index is 0. The lowest BCUT2D eigenvalue weighted by Gasteiger charge is -2.31. The Morgan fingerprint density at radius 1 is 1.37 bits per heavy atom. The Kier molecular flexibility index (Phi) is 7.26. The number of piperazine rings is 1. The van der Waals surface area contributed by atoms with Crippen molar-refractivity contribution in [2.75, 3.05) is 32.8 Å². The molecule has 1 atom stereocenters. The van der Waals surface area contributed by atoms with E-state index in [9.17, 15) is 0 Å². The van der Waals surface area contributed by atoms with Gasteiger partial charge in [0.15, 0.2) is 5.75 Å². The summed E-state index contributed by atoms with van der Waals surface area (Å²) in [6.07, 6.45) is 0. The molecule has 1 heterocycles. The molecule has 1 N–H and O–H groups in total. The quantitative estimate of drug-likeness (QED) is 0.920. The fraction of sp³-hybridized carbons (Fsp3) is 0.538. The summed E-state index contributed by atoms with van der Waals surface area (Å²) in [6, 6.07) is 5.93. The predicted molar refractivity (Wildman–Crippen MR) is 83.1 cm³/mol. The second kappa shape index (κ2) is 8.18. The molecule has 1 fully saturated rings. The summed E-state index contributed by atoms with van der Waals surface area (Å²) in [5.41, 5.74) is 0. The van der Waals surface area contributed by atoms with Crippen LogP contribution in [0.1, 0.15) is 6.92 Å². The van der Waals surface area contributed by atoms with Crippen molar-refractivity contribution in [3.8, 4) is 5.75 Å².